The molecule has 1 saturated heterocycles. The molecule has 0 unspecified atom stereocenters. The Hall–Kier alpha value is -1.82. The number of hydrogen-bond donors (Lipinski definition) is 1. The number of amidine groups is 1. The quantitative estimate of drug-likeness (QED) is 0.676. The van der Waals surface area contributed by atoms with Gasteiger partial charge in [0.25, 0.3) is 0 Å². The van der Waals surface area contributed by atoms with E-state index in [1.807, 2.05) is 32.0 Å². The number of aryl methyl sites for hydroxylation is 1. The summed E-state index contributed by atoms with van der Waals surface area (Å²) in [4.78, 5) is 11.0. The Morgan fingerprint density at radius 1 is 1.53 bits per heavy atom. The van der Waals surface area contributed by atoms with Crippen molar-refractivity contribution in [3.8, 4) is 5.75 Å². The maximum atomic E-state index is 11.0. The molecule has 1 fully saturated rings. The van der Waals surface area contributed by atoms with Gasteiger partial charge in [-0.15, -0.1) is 5.10 Å². The number of nitrogens with one attached hydrogen (secondary N) is 1. The molecule has 1 N–H and O–H groups in total. The van der Waals surface area contributed by atoms with E-state index in [1.165, 1.54) is 11.8 Å². The molecule has 1 amide bonds. The predicted molar refractivity (Wildman–Crippen MR) is 78.0 cm³/mol. The Balaban J connectivity index is 2.13. The van der Waals surface area contributed by atoms with E-state index in [0.717, 1.165) is 16.9 Å². The maximum absolute atomic E-state index is 11.0. The van der Waals surface area contributed by atoms with E-state index in [-0.39, 0.29) is 5.91 Å². The van der Waals surface area contributed by atoms with Crippen molar-refractivity contribution in [3.05, 3.63) is 29.3 Å². The van der Waals surface area contributed by atoms with Crippen LogP contribution in [0.2, 0.25) is 0 Å². The van der Waals surface area contributed by atoms with Gasteiger partial charge in [0.2, 0.25) is 5.91 Å². The van der Waals surface area contributed by atoms with Gasteiger partial charge < -0.3 is 10.1 Å². The lowest BCUT2D eigenvalue weighted by molar-refractivity contribution is -0.116. The highest BCUT2D eigenvalue weighted by atomic mass is 32.2. The van der Waals surface area contributed by atoms with Crippen LogP contribution in [0.5, 0.6) is 5.75 Å². The van der Waals surface area contributed by atoms with Gasteiger partial charge in [0.05, 0.1) is 18.6 Å². The summed E-state index contributed by atoms with van der Waals surface area (Å²) in [5.74, 6) is 1.15. The van der Waals surface area contributed by atoms with Crippen LogP contribution in [0.25, 0.3) is 0 Å². The number of benzene rings is 1. The van der Waals surface area contributed by atoms with Crippen LogP contribution in [0, 0.1) is 6.92 Å². The molecule has 0 spiro atoms. The summed E-state index contributed by atoms with van der Waals surface area (Å²) in [6, 6.07) is 5.88. The van der Waals surface area contributed by atoms with Gasteiger partial charge in [-0.25, -0.2) is 0 Å². The van der Waals surface area contributed by atoms with E-state index in [2.05, 4.69) is 15.5 Å². The Morgan fingerprint density at radius 2 is 2.37 bits per heavy atom. The Kier molecular flexibility index (Phi) is 4.57. The molecule has 1 heterocycles. The van der Waals surface area contributed by atoms with Crippen molar-refractivity contribution < 1.29 is 9.53 Å². The second-order valence-corrected chi connectivity index (χ2v) is 4.92. The normalized spacial score (nSPS) is 17.2. The number of nitrogens with zero attached hydrogens (tertiary/aromatic N) is 2. The number of ether oxygens (including phenoxy) is 1. The minimum Gasteiger partial charge on any atom is -0.493 e. The third kappa shape index (κ3) is 3.82. The van der Waals surface area contributed by atoms with Crippen LogP contribution in [-0.4, -0.2) is 29.6 Å². The highest BCUT2D eigenvalue weighted by Crippen LogP contribution is 2.18. The van der Waals surface area contributed by atoms with Crippen molar-refractivity contribution in [2.45, 2.75) is 13.8 Å². The molecule has 0 atom stereocenters. The van der Waals surface area contributed by atoms with Crippen LogP contribution in [0.3, 0.4) is 0 Å². The standard InChI is InChI=1S/C13H15N3O2S/c1-3-18-11-5-4-9(2)6-10(11)7-14-16-13-15-12(17)8-19-13/h4-7H,3,8H2,1-2H3,(H,15,16,17). The lowest BCUT2D eigenvalue weighted by atomic mass is 10.1. The van der Waals surface area contributed by atoms with E-state index in [1.54, 1.807) is 6.21 Å². The predicted octanol–water partition coefficient (Wildman–Crippen LogP) is 1.95. The van der Waals surface area contributed by atoms with Gasteiger partial charge in [-0.05, 0) is 26.0 Å². The van der Waals surface area contributed by atoms with Crippen LogP contribution in [0.4, 0.5) is 0 Å². The molecule has 5 nitrogen and oxygen atoms in total. The first-order chi connectivity index (χ1) is 9.19. The van der Waals surface area contributed by atoms with Crippen molar-refractivity contribution in [1.82, 2.24) is 5.32 Å². The molecule has 1 aromatic rings. The molecule has 1 aliphatic rings. The zero-order valence-electron chi connectivity index (χ0n) is 10.8. The van der Waals surface area contributed by atoms with Crippen molar-refractivity contribution in [1.29, 1.82) is 0 Å². The van der Waals surface area contributed by atoms with Crippen LogP contribution >= 0.6 is 11.8 Å². The molecule has 0 bridgehead atoms. The monoisotopic (exact) mass is 277 g/mol. The van der Waals surface area contributed by atoms with Gasteiger partial charge in [-0.1, -0.05) is 23.4 Å². The summed E-state index contributed by atoms with van der Waals surface area (Å²) in [7, 11) is 0. The van der Waals surface area contributed by atoms with E-state index in [4.69, 9.17) is 4.74 Å². The zero-order valence-corrected chi connectivity index (χ0v) is 11.7. The highest BCUT2D eigenvalue weighted by molar-refractivity contribution is 8.15. The van der Waals surface area contributed by atoms with Gasteiger partial charge in [-0.3, -0.25) is 4.79 Å². The third-order valence-electron chi connectivity index (χ3n) is 2.40. The maximum Gasteiger partial charge on any atom is 0.236 e. The van der Waals surface area contributed by atoms with Gasteiger partial charge in [-0.2, -0.15) is 5.10 Å². The van der Waals surface area contributed by atoms with Gasteiger partial charge in [0, 0.05) is 5.56 Å². The lowest BCUT2D eigenvalue weighted by Gasteiger charge is -2.06. The lowest BCUT2D eigenvalue weighted by Crippen LogP contribution is -2.19. The van der Waals surface area contributed by atoms with E-state index < -0.39 is 0 Å². The highest BCUT2D eigenvalue weighted by Gasteiger charge is 2.15. The average Bonchev–Trinajstić information content (AvgIpc) is 2.79. The summed E-state index contributed by atoms with van der Waals surface area (Å²) in [5, 5.41) is 11.1. The smallest absolute Gasteiger partial charge is 0.236 e. The van der Waals surface area contributed by atoms with Crippen LogP contribution < -0.4 is 10.1 Å². The molecule has 0 aliphatic carbocycles. The fourth-order valence-corrected chi connectivity index (χ4v) is 2.21. The Morgan fingerprint density at radius 3 is 3.05 bits per heavy atom. The first-order valence-corrected chi connectivity index (χ1v) is 6.94. The minimum absolute atomic E-state index is 0.0375. The first kappa shape index (κ1) is 13.6. The van der Waals surface area contributed by atoms with Crippen molar-refractivity contribution in [3.63, 3.8) is 0 Å². The van der Waals surface area contributed by atoms with Crippen molar-refractivity contribution >= 4 is 29.1 Å². The summed E-state index contributed by atoms with van der Waals surface area (Å²) in [6.07, 6.45) is 1.63. The molecule has 0 aromatic heterocycles. The van der Waals surface area contributed by atoms with Crippen LogP contribution in [0.1, 0.15) is 18.1 Å². The van der Waals surface area contributed by atoms with Crippen molar-refractivity contribution in [2.75, 3.05) is 12.4 Å². The fourth-order valence-electron chi connectivity index (χ4n) is 1.58. The molecule has 19 heavy (non-hydrogen) atoms. The molecule has 0 radical (unpaired) electrons. The molecule has 0 saturated carbocycles. The van der Waals surface area contributed by atoms with Gasteiger partial charge in [0.15, 0.2) is 5.17 Å². The summed E-state index contributed by atoms with van der Waals surface area (Å²) in [6.45, 7) is 4.54. The number of hydrogen-bond acceptors (Lipinski definition) is 5. The van der Waals surface area contributed by atoms with E-state index >= 15 is 0 Å². The third-order valence-corrected chi connectivity index (χ3v) is 3.26. The molecule has 1 aliphatic heterocycles. The van der Waals surface area contributed by atoms with E-state index in [9.17, 15) is 4.79 Å². The SMILES string of the molecule is CCOc1ccc(C)cc1C=NN=C1NC(=O)CS1. The molecular formula is C13H15N3O2S. The average molecular weight is 277 g/mol. The minimum atomic E-state index is -0.0375. The number of carbonyl (C=O) groups is 1. The largest absolute Gasteiger partial charge is 0.493 e. The topological polar surface area (TPSA) is 63.1 Å². The Bertz CT molecular complexity index is 541. The molecular weight excluding hydrogens is 262 g/mol. The molecule has 1 aromatic carbocycles. The molecule has 100 valence electrons. The zero-order chi connectivity index (χ0) is 13.7. The van der Waals surface area contributed by atoms with Crippen LogP contribution in [-0.2, 0) is 4.79 Å². The van der Waals surface area contributed by atoms with Crippen molar-refractivity contribution in [2.24, 2.45) is 10.2 Å². The van der Waals surface area contributed by atoms with E-state index in [0.29, 0.717) is 17.5 Å². The fraction of sp³-hybridized carbons (Fsp3) is 0.308. The second kappa shape index (κ2) is 6.38. The summed E-state index contributed by atoms with van der Waals surface area (Å²) < 4.78 is 5.52. The number of carbonyl (C=O) groups excluding carboxylic acids is 1. The molecule has 6 heteroatoms. The summed E-state index contributed by atoms with van der Waals surface area (Å²) in [5.41, 5.74) is 2.00. The number of amides is 1. The second-order valence-electron chi connectivity index (χ2n) is 3.96. The Labute approximate surface area is 116 Å². The van der Waals surface area contributed by atoms with Gasteiger partial charge >= 0.3 is 0 Å². The van der Waals surface area contributed by atoms with Crippen LogP contribution in [0.15, 0.2) is 28.4 Å². The summed E-state index contributed by atoms with van der Waals surface area (Å²) >= 11 is 1.35. The number of thioether (sulfide) groups is 1. The number of rotatable bonds is 4. The molecule has 2 rings (SSSR count). The van der Waals surface area contributed by atoms with Gasteiger partial charge in [0.1, 0.15) is 5.75 Å². The first-order valence-electron chi connectivity index (χ1n) is 5.96.